The third kappa shape index (κ3) is 6.19. The standard InChI is InChI=1S/C23H22BrN3O2/c1-27(2)21-11-7-19(8-12-21)23(28)26-25-15-17-5-13-22(14-6-17)29-16-18-3-9-20(24)10-4-18/h3-15H,16H2,1-2H3,(H,26,28). The van der Waals surface area contributed by atoms with E-state index in [1.165, 1.54) is 0 Å². The molecule has 0 unspecified atom stereocenters. The van der Waals surface area contributed by atoms with E-state index in [1.807, 2.05) is 79.7 Å². The van der Waals surface area contributed by atoms with Gasteiger partial charge in [0.25, 0.3) is 5.91 Å². The Morgan fingerprint density at radius 3 is 2.28 bits per heavy atom. The number of ether oxygens (including phenoxy) is 1. The number of hydrogen-bond acceptors (Lipinski definition) is 4. The number of benzene rings is 3. The molecule has 0 bridgehead atoms. The van der Waals surface area contributed by atoms with Crippen LogP contribution < -0.4 is 15.1 Å². The Balaban J connectivity index is 1.50. The van der Waals surface area contributed by atoms with E-state index in [0.717, 1.165) is 27.0 Å². The predicted molar refractivity (Wildman–Crippen MR) is 121 cm³/mol. The van der Waals surface area contributed by atoms with Gasteiger partial charge in [-0.15, -0.1) is 0 Å². The number of hydrogen-bond donors (Lipinski definition) is 1. The van der Waals surface area contributed by atoms with Gasteiger partial charge in [-0.2, -0.15) is 5.10 Å². The summed E-state index contributed by atoms with van der Waals surface area (Å²) in [5.41, 5.74) is 6.10. The molecule has 5 nitrogen and oxygen atoms in total. The highest BCUT2D eigenvalue weighted by Gasteiger charge is 2.04. The Labute approximate surface area is 179 Å². The Hall–Kier alpha value is -3.12. The third-order valence-electron chi connectivity index (χ3n) is 4.22. The lowest BCUT2D eigenvalue weighted by Crippen LogP contribution is -2.17. The number of hydrazone groups is 1. The number of anilines is 1. The first-order valence-electron chi connectivity index (χ1n) is 9.09. The van der Waals surface area contributed by atoms with E-state index in [1.54, 1.807) is 18.3 Å². The zero-order valence-corrected chi connectivity index (χ0v) is 17.9. The van der Waals surface area contributed by atoms with Crippen molar-refractivity contribution >= 4 is 33.7 Å². The average Bonchev–Trinajstić information content (AvgIpc) is 2.74. The summed E-state index contributed by atoms with van der Waals surface area (Å²) in [6.45, 7) is 0.503. The van der Waals surface area contributed by atoms with Crippen molar-refractivity contribution in [1.82, 2.24) is 5.43 Å². The molecule has 0 saturated heterocycles. The molecule has 0 aromatic heterocycles. The molecule has 1 N–H and O–H groups in total. The molecule has 0 saturated carbocycles. The fraction of sp³-hybridized carbons (Fsp3) is 0.130. The molecule has 29 heavy (non-hydrogen) atoms. The minimum atomic E-state index is -0.249. The van der Waals surface area contributed by atoms with Gasteiger partial charge in [-0.1, -0.05) is 28.1 Å². The lowest BCUT2D eigenvalue weighted by molar-refractivity contribution is 0.0955. The number of nitrogens with zero attached hydrogens (tertiary/aromatic N) is 2. The van der Waals surface area contributed by atoms with Crippen LogP contribution in [-0.4, -0.2) is 26.2 Å². The van der Waals surface area contributed by atoms with E-state index in [4.69, 9.17) is 4.74 Å². The van der Waals surface area contributed by atoms with Gasteiger partial charge in [-0.05, 0) is 71.8 Å². The number of nitrogens with one attached hydrogen (secondary N) is 1. The van der Waals surface area contributed by atoms with Crippen molar-refractivity contribution in [2.45, 2.75) is 6.61 Å². The summed E-state index contributed by atoms with van der Waals surface area (Å²) in [5, 5.41) is 4.03. The molecule has 1 amide bonds. The topological polar surface area (TPSA) is 53.9 Å². The molecule has 0 aliphatic rings. The summed E-state index contributed by atoms with van der Waals surface area (Å²) in [5.74, 6) is 0.524. The van der Waals surface area contributed by atoms with Crippen molar-refractivity contribution in [3.63, 3.8) is 0 Å². The third-order valence-corrected chi connectivity index (χ3v) is 4.75. The van der Waals surface area contributed by atoms with Crippen LogP contribution in [0.2, 0.25) is 0 Å². The fourth-order valence-corrected chi connectivity index (χ4v) is 2.80. The van der Waals surface area contributed by atoms with Gasteiger partial charge >= 0.3 is 0 Å². The highest BCUT2D eigenvalue weighted by molar-refractivity contribution is 9.10. The average molecular weight is 452 g/mol. The van der Waals surface area contributed by atoms with Gasteiger partial charge in [0, 0.05) is 29.8 Å². The molecule has 3 rings (SSSR count). The van der Waals surface area contributed by atoms with Crippen LogP contribution in [0.4, 0.5) is 5.69 Å². The number of carbonyl (C=O) groups is 1. The summed E-state index contributed by atoms with van der Waals surface area (Å²) in [7, 11) is 3.91. The first kappa shape index (κ1) is 20.6. The van der Waals surface area contributed by atoms with E-state index < -0.39 is 0 Å². The lowest BCUT2D eigenvalue weighted by Gasteiger charge is -2.12. The van der Waals surface area contributed by atoms with E-state index in [-0.39, 0.29) is 5.91 Å². The summed E-state index contributed by atoms with van der Waals surface area (Å²) in [4.78, 5) is 14.1. The van der Waals surface area contributed by atoms with Crippen molar-refractivity contribution < 1.29 is 9.53 Å². The van der Waals surface area contributed by atoms with E-state index in [9.17, 15) is 4.79 Å². The van der Waals surface area contributed by atoms with Crippen molar-refractivity contribution in [3.05, 3.63) is 94.0 Å². The smallest absolute Gasteiger partial charge is 0.271 e. The monoisotopic (exact) mass is 451 g/mol. The zero-order valence-electron chi connectivity index (χ0n) is 16.3. The van der Waals surface area contributed by atoms with Crippen molar-refractivity contribution in [1.29, 1.82) is 0 Å². The summed E-state index contributed by atoms with van der Waals surface area (Å²) in [6, 6.07) is 22.9. The fourth-order valence-electron chi connectivity index (χ4n) is 2.54. The molecule has 0 aliphatic heterocycles. The van der Waals surface area contributed by atoms with Crippen molar-refractivity contribution in [2.24, 2.45) is 5.10 Å². The van der Waals surface area contributed by atoms with Crippen LogP contribution in [0, 0.1) is 0 Å². The molecule has 0 spiro atoms. The Bertz CT molecular complexity index is 967. The first-order valence-corrected chi connectivity index (χ1v) is 9.89. The van der Waals surface area contributed by atoms with Crippen molar-refractivity contribution in [2.75, 3.05) is 19.0 Å². The van der Waals surface area contributed by atoms with E-state index in [2.05, 4.69) is 26.5 Å². The maximum atomic E-state index is 12.1. The molecule has 0 fully saturated rings. The van der Waals surface area contributed by atoms with Gasteiger partial charge in [-0.25, -0.2) is 5.43 Å². The van der Waals surface area contributed by atoms with Crippen LogP contribution in [-0.2, 0) is 6.61 Å². The molecule has 148 valence electrons. The Morgan fingerprint density at radius 2 is 1.66 bits per heavy atom. The van der Waals surface area contributed by atoms with Gasteiger partial charge < -0.3 is 9.64 Å². The van der Waals surface area contributed by atoms with Gasteiger partial charge in [0.05, 0.1) is 6.21 Å². The SMILES string of the molecule is CN(C)c1ccc(C(=O)NN=Cc2ccc(OCc3ccc(Br)cc3)cc2)cc1. The molecule has 0 heterocycles. The van der Waals surface area contributed by atoms with Crippen LogP contribution in [0.3, 0.4) is 0 Å². The largest absolute Gasteiger partial charge is 0.489 e. The highest BCUT2D eigenvalue weighted by atomic mass is 79.9. The van der Waals surface area contributed by atoms with E-state index in [0.29, 0.717) is 12.2 Å². The number of amides is 1. The molecule has 6 heteroatoms. The van der Waals surface area contributed by atoms with Crippen LogP contribution >= 0.6 is 15.9 Å². The zero-order chi connectivity index (χ0) is 20.6. The van der Waals surface area contributed by atoms with Gasteiger partial charge in [0.1, 0.15) is 12.4 Å². The summed E-state index contributed by atoms with van der Waals surface area (Å²) < 4.78 is 6.82. The van der Waals surface area contributed by atoms with Crippen LogP contribution in [0.5, 0.6) is 5.75 Å². The second-order valence-electron chi connectivity index (χ2n) is 6.62. The van der Waals surface area contributed by atoms with Crippen LogP contribution in [0.15, 0.2) is 82.4 Å². The second-order valence-corrected chi connectivity index (χ2v) is 7.54. The first-order chi connectivity index (χ1) is 14.0. The van der Waals surface area contributed by atoms with E-state index >= 15 is 0 Å². The molecule has 0 radical (unpaired) electrons. The number of halogens is 1. The maximum absolute atomic E-state index is 12.1. The minimum Gasteiger partial charge on any atom is -0.489 e. The summed E-state index contributed by atoms with van der Waals surface area (Å²) in [6.07, 6.45) is 1.60. The van der Waals surface area contributed by atoms with Crippen LogP contribution in [0.1, 0.15) is 21.5 Å². The van der Waals surface area contributed by atoms with Crippen LogP contribution in [0.25, 0.3) is 0 Å². The van der Waals surface area contributed by atoms with Crippen molar-refractivity contribution in [3.8, 4) is 5.75 Å². The Kier molecular flexibility index (Phi) is 7.03. The number of carbonyl (C=O) groups excluding carboxylic acids is 1. The molecule has 3 aromatic rings. The molecule has 0 atom stereocenters. The minimum absolute atomic E-state index is 0.249. The Morgan fingerprint density at radius 1 is 1.00 bits per heavy atom. The maximum Gasteiger partial charge on any atom is 0.271 e. The van der Waals surface area contributed by atoms with Gasteiger partial charge in [0.15, 0.2) is 0 Å². The quantitative estimate of drug-likeness (QED) is 0.412. The predicted octanol–water partition coefficient (Wildman–Crippen LogP) is 4.86. The molecular weight excluding hydrogens is 430 g/mol. The second kappa shape index (κ2) is 9.89. The van der Waals surface area contributed by atoms with Gasteiger partial charge in [-0.3, -0.25) is 4.79 Å². The molecule has 3 aromatic carbocycles. The normalized spacial score (nSPS) is 10.7. The highest BCUT2D eigenvalue weighted by Crippen LogP contribution is 2.16. The number of rotatable bonds is 7. The summed E-state index contributed by atoms with van der Waals surface area (Å²) >= 11 is 3.42. The van der Waals surface area contributed by atoms with Gasteiger partial charge in [0.2, 0.25) is 0 Å². The molecule has 0 aliphatic carbocycles. The molecular formula is C23H22BrN3O2. The lowest BCUT2D eigenvalue weighted by atomic mass is 10.2.